The summed E-state index contributed by atoms with van der Waals surface area (Å²) in [5.41, 5.74) is 3.35. The Balaban J connectivity index is 1.81. The Bertz CT molecular complexity index is 984. The summed E-state index contributed by atoms with van der Waals surface area (Å²) in [6.45, 7) is 11.9. The van der Waals surface area contributed by atoms with E-state index in [0.717, 1.165) is 20.9 Å². The number of rotatable bonds is 5. The highest BCUT2D eigenvalue weighted by atomic mass is 32.1. The highest BCUT2D eigenvalue weighted by Gasteiger charge is 2.36. The van der Waals surface area contributed by atoms with Gasteiger partial charge in [0.25, 0.3) is 0 Å². The minimum absolute atomic E-state index is 0.0398. The average Bonchev–Trinajstić information content (AvgIpc) is 2.66. The first kappa shape index (κ1) is 20.7. The predicted octanol–water partition coefficient (Wildman–Crippen LogP) is 6.96. The fourth-order valence-electron chi connectivity index (χ4n) is 2.61. The van der Waals surface area contributed by atoms with Gasteiger partial charge in [0.1, 0.15) is 0 Å². The highest BCUT2D eigenvalue weighted by Crippen LogP contribution is 2.37. The Morgan fingerprint density at radius 2 is 1.39 bits per heavy atom. The Labute approximate surface area is 173 Å². The standard InChI is InChI=1S/C24H28O2SSi/c1-24(2,3)28(4,5)26-17-18-11-13-20(14-12-18)23-16-21(25)15-22(27-23)19-9-7-6-8-10-19/h6-16H,17H2,1-5H3. The van der Waals surface area contributed by atoms with E-state index in [1.807, 2.05) is 30.3 Å². The summed E-state index contributed by atoms with van der Waals surface area (Å²) in [6, 6.07) is 21.9. The molecule has 0 atom stereocenters. The molecule has 0 saturated carbocycles. The summed E-state index contributed by atoms with van der Waals surface area (Å²) < 4.78 is 6.31. The Hall–Kier alpha value is -2.01. The molecule has 3 aromatic rings. The second-order valence-electron chi connectivity index (χ2n) is 8.63. The van der Waals surface area contributed by atoms with Gasteiger partial charge in [0.15, 0.2) is 13.7 Å². The van der Waals surface area contributed by atoms with Crippen molar-refractivity contribution < 1.29 is 4.43 Å². The molecule has 0 radical (unpaired) electrons. The van der Waals surface area contributed by atoms with Gasteiger partial charge in [-0.2, -0.15) is 0 Å². The van der Waals surface area contributed by atoms with Crippen LogP contribution in [0.4, 0.5) is 0 Å². The van der Waals surface area contributed by atoms with Crippen LogP contribution in [0.1, 0.15) is 26.3 Å². The van der Waals surface area contributed by atoms with Crippen LogP contribution >= 0.6 is 11.3 Å². The van der Waals surface area contributed by atoms with Crippen molar-refractivity contribution in [2.24, 2.45) is 0 Å². The van der Waals surface area contributed by atoms with Gasteiger partial charge in [-0.1, -0.05) is 75.4 Å². The zero-order valence-electron chi connectivity index (χ0n) is 17.3. The molecule has 2 nitrogen and oxygen atoms in total. The monoisotopic (exact) mass is 408 g/mol. The van der Waals surface area contributed by atoms with Crippen LogP contribution in [0.25, 0.3) is 20.9 Å². The van der Waals surface area contributed by atoms with Crippen LogP contribution in [-0.4, -0.2) is 8.32 Å². The molecule has 3 rings (SSSR count). The van der Waals surface area contributed by atoms with Gasteiger partial charge >= 0.3 is 0 Å². The summed E-state index contributed by atoms with van der Waals surface area (Å²) >= 11 is 1.65. The average molecular weight is 409 g/mol. The van der Waals surface area contributed by atoms with E-state index in [2.05, 4.69) is 58.1 Å². The normalized spacial score (nSPS) is 12.2. The first-order valence-corrected chi connectivity index (χ1v) is 13.3. The van der Waals surface area contributed by atoms with Crippen LogP contribution in [0.3, 0.4) is 0 Å². The van der Waals surface area contributed by atoms with Gasteiger partial charge in [-0.15, -0.1) is 11.3 Å². The smallest absolute Gasteiger partial charge is 0.192 e. The quantitative estimate of drug-likeness (QED) is 0.426. The number of hydrogen-bond donors (Lipinski definition) is 0. The van der Waals surface area contributed by atoms with E-state index in [-0.39, 0.29) is 10.5 Å². The molecule has 146 valence electrons. The van der Waals surface area contributed by atoms with Gasteiger partial charge in [-0.3, -0.25) is 4.79 Å². The van der Waals surface area contributed by atoms with Gasteiger partial charge in [-0.05, 0) is 34.8 Å². The summed E-state index contributed by atoms with van der Waals surface area (Å²) in [5, 5.41) is 0.205. The fraction of sp³-hybridized carbons (Fsp3) is 0.292. The van der Waals surface area contributed by atoms with Gasteiger partial charge < -0.3 is 4.43 Å². The lowest BCUT2D eigenvalue weighted by molar-refractivity contribution is 0.276. The van der Waals surface area contributed by atoms with Crippen molar-refractivity contribution in [2.75, 3.05) is 0 Å². The van der Waals surface area contributed by atoms with Gasteiger partial charge in [-0.25, -0.2) is 0 Å². The zero-order valence-corrected chi connectivity index (χ0v) is 19.1. The van der Waals surface area contributed by atoms with Gasteiger partial charge in [0.05, 0.1) is 6.61 Å². The molecule has 0 unspecified atom stereocenters. The molecule has 0 fully saturated rings. The van der Waals surface area contributed by atoms with Crippen molar-refractivity contribution >= 4 is 19.7 Å². The first-order chi connectivity index (χ1) is 13.2. The second-order valence-corrected chi connectivity index (χ2v) is 14.5. The van der Waals surface area contributed by atoms with Crippen LogP contribution in [0.15, 0.2) is 71.5 Å². The van der Waals surface area contributed by atoms with Gasteiger partial charge in [0.2, 0.25) is 0 Å². The van der Waals surface area contributed by atoms with Crippen LogP contribution in [0.2, 0.25) is 18.1 Å². The fourth-order valence-corrected chi connectivity index (χ4v) is 4.67. The van der Waals surface area contributed by atoms with Crippen LogP contribution in [-0.2, 0) is 11.0 Å². The number of hydrogen-bond acceptors (Lipinski definition) is 3. The van der Waals surface area contributed by atoms with Crippen LogP contribution in [0, 0.1) is 0 Å². The molecule has 0 saturated heterocycles. The first-order valence-electron chi connectivity index (χ1n) is 9.60. The maximum Gasteiger partial charge on any atom is 0.192 e. The van der Waals surface area contributed by atoms with E-state index in [0.29, 0.717) is 6.61 Å². The van der Waals surface area contributed by atoms with E-state index in [9.17, 15) is 4.79 Å². The maximum absolute atomic E-state index is 12.2. The molecule has 28 heavy (non-hydrogen) atoms. The predicted molar refractivity (Wildman–Crippen MR) is 123 cm³/mol. The lowest BCUT2D eigenvalue weighted by Gasteiger charge is -2.36. The SMILES string of the molecule is CC(C)(C)[Si](C)(C)OCc1ccc(-c2cc(=O)cc(-c3ccccc3)s2)cc1. The summed E-state index contributed by atoms with van der Waals surface area (Å²) in [4.78, 5) is 14.2. The lowest BCUT2D eigenvalue weighted by atomic mass is 10.1. The Morgan fingerprint density at radius 1 is 0.857 bits per heavy atom. The van der Waals surface area contributed by atoms with Crippen molar-refractivity contribution in [1.29, 1.82) is 0 Å². The van der Waals surface area contributed by atoms with E-state index in [1.165, 1.54) is 5.56 Å². The minimum atomic E-state index is -1.76. The molecule has 2 aromatic carbocycles. The minimum Gasteiger partial charge on any atom is -0.413 e. The highest BCUT2D eigenvalue weighted by molar-refractivity contribution is 7.18. The third kappa shape index (κ3) is 4.88. The molecule has 0 bridgehead atoms. The van der Waals surface area contributed by atoms with Crippen molar-refractivity contribution in [3.8, 4) is 20.9 Å². The molecule has 1 aromatic heterocycles. The van der Waals surface area contributed by atoms with Gasteiger partial charge in [0, 0.05) is 21.9 Å². The van der Waals surface area contributed by atoms with E-state index in [1.54, 1.807) is 23.5 Å². The van der Waals surface area contributed by atoms with Crippen molar-refractivity contribution in [3.63, 3.8) is 0 Å². The summed E-state index contributed by atoms with van der Waals surface area (Å²) in [5.74, 6) is 0. The zero-order chi connectivity index (χ0) is 20.4. The molecule has 4 heteroatoms. The Kier molecular flexibility index (Phi) is 6.03. The van der Waals surface area contributed by atoms with Crippen molar-refractivity contribution in [2.45, 2.75) is 45.5 Å². The molecule has 0 aliphatic heterocycles. The summed E-state index contributed by atoms with van der Waals surface area (Å²) in [6.07, 6.45) is 0. The molecular weight excluding hydrogens is 380 g/mol. The van der Waals surface area contributed by atoms with E-state index in [4.69, 9.17) is 4.43 Å². The third-order valence-electron chi connectivity index (χ3n) is 5.47. The number of benzene rings is 2. The molecule has 0 aliphatic carbocycles. The molecular formula is C24H28O2SSi. The van der Waals surface area contributed by atoms with E-state index >= 15 is 0 Å². The summed E-state index contributed by atoms with van der Waals surface area (Å²) in [7, 11) is -1.76. The topological polar surface area (TPSA) is 26.3 Å². The molecule has 0 N–H and O–H groups in total. The van der Waals surface area contributed by atoms with E-state index < -0.39 is 8.32 Å². The second kappa shape index (κ2) is 8.16. The molecule has 0 aliphatic rings. The van der Waals surface area contributed by atoms with Crippen LogP contribution < -0.4 is 5.43 Å². The lowest BCUT2D eigenvalue weighted by Crippen LogP contribution is -2.40. The van der Waals surface area contributed by atoms with Crippen molar-refractivity contribution in [1.82, 2.24) is 0 Å². The largest absolute Gasteiger partial charge is 0.413 e. The molecule has 0 amide bonds. The van der Waals surface area contributed by atoms with Crippen molar-refractivity contribution in [3.05, 3.63) is 82.5 Å². The van der Waals surface area contributed by atoms with Crippen LogP contribution in [0.5, 0.6) is 0 Å². The third-order valence-corrected chi connectivity index (χ3v) is 11.1. The molecule has 0 spiro atoms. The Morgan fingerprint density at radius 3 is 1.93 bits per heavy atom. The molecule has 1 heterocycles. The maximum atomic E-state index is 12.2.